The summed E-state index contributed by atoms with van der Waals surface area (Å²) in [6.45, 7) is 6.10. The number of nitrogens with two attached hydrogens (primary N) is 1. The predicted octanol–water partition coefficient (Wildman–Crippen LogP) is 2.81. The molecule has 6 heteroatoms. The number of H-pyrrole nitrogens is 1. The van der Waals surface area contributed by atoms with Crippen LogP contribution in [0.25, 0.3) is 10.9 Å². The summed E-state index contributed by atoms with van der Waals surface area (Å²) in [5.41, 5.74) is 7.10. The highest BCUT2D eigenvalue weighted by molar-refractivity contribution is 7.89. The van der Waals surface area contributed by atoms with Gasteiger partial charge in [-0.05, 0) is 37.5 Å². The van der Waals surface area contributed by atoms with Crippen molar-refractivity contribution < 1.29 is 8.42 Å². The van der Waals surface area contributed by atoms with Crippen LogP contribution in [-0.4, -0.2) is 30.8 Å². The Kier molecular flexibility index (Phi) is 4.30. The fourth-order valence-corrected chi connectivity index (χ4v) is 4.07. The number of benzene rings is 1. The second-order valence-electron chi connectivity index (χ2n) is 5.96. The Morgan fingerprint density at radius 3 is 2.57 bits per heavy atom. The number of rotatable bonds is 5. The number of nitrogen functional groups attached to an aromatic ring is 1. The Morgan fingerprint density at radius 2 is 1.95 bits per heavy atom. The third-order valence-corrected chi connectivity index (χ3v) is 5.77. The summed E-state index contributed by atoms with van der Waals surface area (Å²) in [5, 5.41) is 0.638. The Morgan fingerprint density at radius 1 is 1.29 bits per heavy atom. The van der Waals surface area contributed by atoms with E-state index in [9.17, 15) is 8.42 Å². The first-order valence-electron chi connectivity index (χ1n) is 7.08. The zero-order valence-corrected chi connectivity index (χ0v) is 13.7. The molecule has 0 amide bonds. The number of fused-ring (bicyclic) bond motifs is 1. The summed E-state index contributed by atoms with van der Waals surface area (Å²) in [4.78, 5) is 3.28. The number of aromatic amines is 1. The molecule has 1 unspecified atom stereocenters. The van der Waals surface area contributed by atoms with Crippen LogP contribution in [0.5, 0.6) is 0 Å². The van der Waals surface area contributed by atoms with E-state index in [1.54, 1.807) is 25.2 Å². The SMILES string of the molecule is CC(C)CC(C)N(C)S(=O)(=O)c1c[nH]c2ccc(N)cc12. The molecule has 3 N–H and O–H groups in total. The van der Waals surface area contributed by atoms with Gasteiger partial charge in [-0.2, -0.15) is 4.31 Å². The van der Waals surface area contributed by atoms with E-state index >= 15 is 0 Å². The van der Waals surface area contributed by atoms with Crippen LogP contribution in [0, 0.1) is 5.92 Å². The van der Waals surface area contributed by atoms with Crippen molar-refractivity contribution >= 4 is 26.6 Å². The highest BCUT2D eigenvalue weighted by atomic mass is 32.2. The number of anilines is 1. The molecule has 1 atom stereocenters. The summed E-state index contributed by atoms with van der Waals surface area (Å²) >= 11 is 0. The van der Waals surface area contributed by atoms with Crippen molar-refractivity contribution in [3.63, 3.8) is 0 Å². The molecule has 0 saturated carbocycles. The molecule has 2 rings (SSSR count). The van der Waals surface area contributed by atoms with Gasteiger partial charge in [-0.15, -0.1) is 0 Å². The van der Waals surface area contributed by atoms with Gasteiger partial charge in [0.2, 0.25) is 10.0 Å². The van der Waals surface area contributed by atoms with Gasteiger partial charge < -0.3 is 10.7 Å². The van der Waals surface area contributed by atoms with Crippen LogP contribution in [0.2, 0.25) is 0 Å². The fraction of sp³-hybridized carbons (Fsp3) is 0.467. The quantitative estimate of drug-likeness (QED) is 0.834. The van der Waals surface area contributed by atoms with E-state index in [1.807, 2.05) is 6.92 Å². The maximum Gasteiger partial charge on any atom is 0.245 e. The van der Waals surface area contributed by atoms with Crippen molar-refractivity contribution in [1.82, 2.24) is 9.29 Å². The highest BCUT2D eigenvalue weighted by Crippen LogP contribution is 2.28. The number of hydrogen-bond donors (Lipinski definition) is 2. The van der Waals surface area contributed by atoms with Crippen molar-refractivity contribution in [2.75, 3.05) is 12.8 Å². The number of nitrogens with zero attached hydrogens (tertiary/aromatic N) is 1. The van der Waals surface area contributed by atoms with Crippen molar-refractivity contribution in [2.24, 2.45) is 5.92 Å². The minimum Gasteiger partial charge on any atom is -0.399 e. The van der Waals surface area contributed by atoms with Gasteiger partial charge in [0.05, 0.1) is 0 Å². The van der Waals surface area contributed by atoms with E-state index in [1.165, 1.54) is 10.5 Å². The first-order valence-corrected chi connectivity index (χ1v) is 8.52. The lowest BCUT2D eigenvalue weighted by Gasteiger charge is -2.25. The fourth-order valence-electron chi connectivity index (χ4n) is 2.55. The van der Waals surface area contributed by atoms with Crippen LogP contribution < -0.4 is 5.73 Å². The molecule has 1 aromatic carbocycles. The van der Waals surface area contributed by atoms with Gasteiger partial charge in [0.15, 0.2) is 0 Å². The van der Waals surface area contributed by atoms with E-state index in [0.717, 1.165) is 11.9 Å². The number of aromatic nitrogens is 1. The molecule has 0 bridgehead atoms. The average Bonchev–Trinajstić information content (AvgIpc) is 2.80. The van der Waals surface area contributed by atoms with Gasteiger partial charge in [-0.1, -0.05) is 13.8 Å². The van der Waals surface area contributed by atoms with Crippen LogP contribution in [0.15, 0.2) is 29.3 Å². The van der Waals surface area contributed by atoms with Gasteiger partial charge in [0, 0.05) is 35.9 Å². The van der Waals surface area contributed by atoms with Crippen molar-refractivity contribution in [2.45, 2.75) is 38.1 Å². The molecule has 21 heavy (non-hydrogen) atoms. The van der Waals surface area contributed by atoms with E-state index < -0.39 is 10.0 Å². The Labute approximate surface area is 126 Å². The summed E-state index contributed by atoms with van der Waals surface area (Å²) in [6.07, 6.45) is 2.36. The molecule has 1 heterocycles. The molecule has 0 aliphatic rings. The van der Waals surface area contributed by atoms with Crippen LogP contribution >= 0.6 is 0 Å². The van der Waals surface area contributed by atoms with Crippen molar-refractivity contribution in [3.05, 3.63) is 24.4 Å². The second kappa shape index (κ2) is 5.69. The summed E-state index contributed by atoms with van der Waals surface area (Å²) in [5.74, 6) is 0.441. The van der Waals surface area contributed by atoms with Gasteiger partial charge in [-0.25, -0.2) is 8.42 Å². The van der Waals surface area contributed by atoms with Crippen molar-refractivity contribution in [3.8, 4) is 0 Å². The van der Waals surface area contributed by atoms with Gasteiger partial charge in [0.1, 0.15) is 4.90 Å². The highest BCUT2D eigenvalue weighted by Gasteiger charge is 2.28. The van der Waals surface area contributed by atoms with Gasteiger partial charge in [-0.3, -0.25) is 0 Å². The molecule has 116 valence electrons. The van der Waals surface area contributed by atoms with Crippen molar-refractivity contribution in [1.29, 1.82) is 0 Å². The zero-order chi connectivity index (χ0) is 15.8. The lowest BCUT2D eigenvalue weighted by molar-refractivity contribution is 0.338. The molecule has 0 saturated heterocycles. The molecular formula is C15H23N3O2S. The first-order chi connectivity index (χ1) is 9.73. The smallest absolute Gasteiger partial charge is 0.245 e. The van der Waals surface area contributed by atoms with E-state index in [4.69, 9.17) is 5.73 Å². The maximum absolute atomic E-state index is 12.8. The third kappa shape index (κ3) is 3.06. The molecule has 0 radical (unpaired) electrons. The molecule has 5 nitrogen and oxygen atoms in total. The molecule has 0 aliphatic carbocycles. The first kappa shape index (κ1) is 15.9. The number of nitrogens with one attached hydrogen (secondary N) is 1. The van der Waals surface area contributed by atoms with Gasteiger partial charge >= 0.3 is 0 Å². The second-order valence-corrected chi connectivity index (χ2v) is 7.92. The monoisotopic (exact) mass is 309 g/mol. The molecule has 0 fully saturated rings. The molecule has 0 spiro atoms. The number of sulfonamides is 1. The minimum absolute atomic E-state index is 0.0546. The standard InChI is InChI=1S/C15H23N3O2S/c1-10(2)7-11(3)18(4)21(19,20)15-9-17-14-6-5-12(16)8-13(14)15/h5-6,8-11,17H,7,16H2,1-4H3. The van der Waals surface area contributed by atoms with E-state index in [-0.39, 0.29) is 10.9 Å². The van der Waals surface area contributed by atoms with E-state index in [2.05, 4.69) is 18.8 Å². The molecule has 1 aromatic heterocycles. The van der Waals surface area contributed by atoms with Crippen LogP contribution in [-0.2, 0) is 10.0 Å². The molecule has 0 aliphatic heterocycles. The van der Waals surface area contributed by atoms with Gasteiger partial charge in [0.25, 0.3) is 0 Å². The number of hydrogen-bond acceptors (Lipinski definition) is 3. The lowest BCUT2D eigenvalue weighted by Crippen LogP contribution is -2.35. The minimum atomic E-state index is -3.54. The Bertz CT molecular complexity index is 734. The average molecular weight is 309 g/mol. The summed E-state index contributed by atoms with van der Waals surface area (Å²) < 4.78 is 27.1. The summed E-state index contributed by atoms with van der Waals surface area (Å²) in [7, 11) is -1.90. The molecule has 2 aromatic rings. The predicted molar refractivity (Wildman–Crippen MR) is 86.6 cm³/mol. The Balaban J connectivity index is 2.44. The van der Waals surface area contributed by atoms with E-state index in [0.29, 0.717) is 17.0 Å². The maximum atomic E-state index is 12.8. The van der Waals surface area contributed by atoms with Crippen LogP contribution in [0.4, 0.5) is 5.69 Å². The normalized spacial score (nSPS) is 14.2. The summed E-state index contributed by atoms with van der Waals surface area (Å²) in [6, 6.07) is 5.18. The topological polar surface area (TPSA) is 79.2 Å². The Hall–Kier alpha value is -1.53. The lowest BCUT2D eigenvalue weighted by atomic mass is 10.1. The van der Waals surface area contributed by atoms with Crippen LogP contribution in [0.3, 0.4) is 0 Å². The largest absolute Gasteiger partial charge is 0.399 e. The molecular weight excluding hydrogens is 286 g/mol. The zero-order valence-electron chi connectivity index (χ0n) is 12.9. The third-order valence-electron chi connectivity index (χ3n) is 3.76. The van der Waals surface area contributed by atoms with Crippen LogP contribution in [0.1, 0.15) is 27.2 Å².